The molecule has 1 heterocycles. The van der Waals surface area contributed by atoms with E-state index in [-0.39, 0.29) is 23.6 Å². The Morgan fingerprint density at radius 3 is 2.33 bits per heavy atom. The Labute approximate surface area is 83.0 Å². The number of nitrogens with zero attached hydrogens (tertiary/aromatic N) is 1. The van der Waals surface area contributed by atoms with Crippen LogP contribution in [0.1, 0.15) is 5.69 Å². The molecule has 6 N–H and O–H groups in total. The monoisotopic (exact) mass is 222 g/mol. The van der Waals surface area contributed by atoms with Crippen LogP contribution in [0.4, 0.5) is 24.5 Å². The summed E-state index contributed by atoms with van der Waals surface area (Å²) in [7, 11) is 0. The fourth-order valence-electron chi connectivity index (χ4n) is 0.919. The highest BCUT2D eigenvalue weighted by Crippen LogP contribution is 2.28. The lowest BCUT2D eigenvalue weighted by atomic mass is 10.3. The lowest BCUT2D eigenvalue weighted by Crippen LogP contribution is -2.20. The van der Waals surface area contributed by atoms with Crippen LogP contribution in [0, 0.1) is 0 Å². The average molecular weight is 222 g/mol. The van der Waals surface area contributed by atoms with Gasteiger partial charge in [-0.1, -0.05) is 0 Å². The van der Waals surface area contributed by atoms with Crippen LogP contribution in [0.2, 0.25) is 0 Å². The molecule has 0 fully saturated rings. The standard InChI is InChI=1S/C7H9F3N4O/c8-7(9,10)15-6-4(13)1-3(12)5(2-11)14-6/h1H,2,11-13H2. The number of ether oxygens (including phenoxy) is 1. The number of hydrogen-bond acceptors (Lipinski definition) is 5. The van der Waals surface area contributed by atoms with Gasteiger partial charge in [0.05, 0.1) is 17.1 Å². The number of hydrogen-bond donors (Lipinski definition) is 3. The third kappa shape index (κ3) is 2.88. The summed E-state index contributed by atoms with van der Waals surface area (Å²) in [6, 6.07) is 1.12. The topological polar surface area (TPSA) is 100 Å². The molecule has 0 aliphatic heterocycles. The minimum absolute atomic E-state index is 0.0969. The number of rotatable bonds is 2. The van der Waals surface area contributed by atoms with Crippen LogP contribution in [-0.4, -0.2) is 11.3 Å². The summed E-state index contributed by atoms with van der Waals surface area (Å²) >= 11 is 0. The molecule has 0 spiro atoms. The van der Waals surface area contributed by atoms with Gasteiger partial charge in [-0.25, -0.2) is 4.98 Å². The van der Waals surface area contributed by atoms with E-state index >= 15 is 0 Å². The summed E-state index contributed by atoms with van der Waals surface area (Å²) in [5.41, 5.74) is 15.8. The largest absolute Gasteiger partial charge is 0.574 e. The molecule has 0 saturated carbocycles. The Morgan fingerprint density at radius 2 is 1.87 bits per heavy atom. The summed E-state index contributed by atoms with van der Waals surface area (Å²) < 4.78 is 39.2. The fourth-order valence-corrected chi connectivity index (χ4v) is 0.919. The molecule has 1 rings (SSSR count). The van der Waals surface area contributed by atoms with Crippen LogP contribution in [-0.2, 0) is 6.54 Å². The second-order valence-electron chi connectivity index (χ2n) is 2.67. The Balaban J connectivity index is 3.08. The van der Waals surface area contributed by atoms with Gasteiger partial charge in [0, 0.05) is 6.54 Å². The molecule has 0 aromatic carbocycles. The lowest BCUT2D eigenvalue weighted by molar-refractivity contribution is -0.275. The minimum Gasteiger partial charge on any atom is -0.397 e. The van der Waals surface area contributed by atoms with Gasteiger partial charge in [-0.2, -0.15) is 0 Å². The van der Waals surface area contributed by atoms with E-state index in [4.69, 9.17) is 17.2 Å². The van der Waals surface area contributed by atoms with Crippen molar-refractivity contribution in [3.05, 3.63) is 11.8 Å². The van der Waals surface area contributed by atoms with Gasteiger partial charge in [-0.05, 0) is 6.07 Å². The summed E-state index contributed by atoms with van der Waals surface area (Å²) in [4.78, 5) is 3.46. The maximum absolute atomic E-state index is 11.9. The van der Waals surface area contributed by atoms with Crippen LogP contribution < -0.4 is 21.9 Å². The van der Waals surface area contributed by atoms with Crippen molar-refractivity contribution in [2.45, 2.75) is 12.9 Å². The molecule has 0 unspecified atom stereocenters. The molecule has 8 heteroatoms. The number of halogens is 3. The third-order valence-corrected chi connectivity index (χ3v) is 1.53. The molecule has 0 aliphatic rings. The van der Waals surface area contributed by atoms with Crippen LogP contribution in [0.3, 0.4) is 0 Å². The Bertz CT molecular complexity index is 366. The van der Waals surface area contributed by atoms with Crippen molar-refractivity contribution < 1.29 is 17.9 Å². The SMILES string of the molecule is NCc1nc(OC(F)(F)F)c(N)cc1N. The Morgan fingerprint density at radius 1 is 1.27 bits per heavy atom. The van der Waals surface area contributed by atoms with Crippen molar-refractivity contribution in [3.63, 3.8) is 0 Å². The molecular weight excluding hydrogens is 213 g/mol. The van der Waals surface area contributed by atoms with E-state index in [2.05, 4.69) is 9.72 Å². The molecule has 0 atom stereocenters. The van der Waals surface area contributed by atoms with Gasteiger partial charge < -0.3 is 21.9 Å². The smallest absolute Gasteiger partial charge is 0.397 e. The maximum atomic E-state index is 11.9. The van der Waals surface area contributed by atoms with Crippen molar-refractivity contribution in [2.24, 2.45) is 5.73 Å². The van der Waals surface area contributed by atoms with Crippen molar-refractivity contribution >= 4 is 11.4 Å². The number of nitrogen functional groups attached to an aromatic ring is 2. The van der Waals surface area contributed by atoms with Gasteiger partial charge in [0.15, 0.2) is 0 Å². The average Bonchev–Trinajstić information content (AvgIpc) is 2.07. The number of alkyl halides is 3. The van der Waals surface area contributed by atoms with Gasteiger partial charge >= 0.3 is 6.36 Å². The van der Waals surface area contributed by atoms with Crippen molar-refractivity contribution in [1.29, 1.82) is 0 Å². The van der Waals surface area contributed by atoms with Gasteiger partial charge in [0.25, 0.3) is 0 Å². The van der Waals surface area contributed by atoms with E-state index in [9.17, 15) is 13.2 Å². The van der Waals surface area contributed by atoms with E-state index in [0.29, 0.717) is 0 Å². The van der Waals surface area contributed by atoms with Gasteiger partial charge in [0.1, 0.15) is 0 Å². The zero-order valence-electron chi connectivity index (χ0n) is 7.51. The number of pyridine rings is 1. The van der Waals surface area contributed by atoms with Crippen LogP contribution in [0.25, 0.3) is 0 Å². The first-order chi connectivity index (χ1) is 6.83. The second-order valence-corrected chi connectivity index (χ2v) is 2.67. The maximum Gasteiger partial charge on any atom is 0.574 e. The van der Waals surface area contributed by atoms with Gasteiger partial charge in [-0.3, -0.25) is 0 Å². The highest BCUT2D eigenvalue weighted by Gasteiger charge is 2.33. The zero-order valence-corrected chi connectivity index (χ0v) is 7.51. The van der Waals surface area contributed by atoms with Crippen LogP contribution >= 0.6 is 0 Å². The van der Waals surface area contributed by atoms with Gasteiger partial charge in [-0.15, -0.1) is 13.2 Å². The molecule has 0 bridgehead atoms. The summed E-state index contributed by atoms with van der Waals surface area (Å²) in [5, 5.41) is 0. The first-order valence-electron chi connectivity index (χ1n) is 3.84. The zero-order chi connectivity index (χ0) is 11.6. The molecule has 0 saturated heterocycles. The summed E-state index contributed by atoms with van der Waals surface area (Å²) in [6.07, 6.45) is -4.84. The van der Waals surface area contributed by atoms with E-state index in [0.717, 1.165) is 6.07 Å². The van der Waals surface area contributed by atoms with E-state index in [1.165, 1.54) is 0 Å². The molecule has 0 aliphatic carbocycles. The summed E-state index contributed by atoms with van der Waals surface area (Å²) in [6.45, 7) is -0.0969. The predicted molar refractivity (Wildman–Crippen MR) is 47.6 cm³/mol. The van der Waals surface area contributed by atoms with Crippen molar-refractivity contribution in [2.75, 3.05) is 11.5 Å². The first-order valence-corrected chi connectivity index (χ1v) is 3.84. The fraction of sp³-hybridized carbons (Fsp3) is 0.286. The summed E-state index contributed by atoms with van der Waals surface area (Å²) in [5.74, 6) is -0.739. The molecular formula is C7H9F3N4O. The molecule has 15 heavy (non-hydrogen) atoms. The normalized spacial score (nSPS) is 11.5. The van der Waals surface area contributed by atoms with Crippen LogP contribution in [0.5, 0.6) is 5.88 Å². The number of aromatic nitrogens is 1. The molecule has 1 aromatic heterocycles. The Kier molecular flexibility index (Phi) is 2.89. The molecule has 84 valence electrons. The highest BCUT2D eigenvalue weighted by molar-refractivity contribution is 5.59. The van der Waals surface area contributed by atoms with Gasteiger partial charge in [0.2, 0.25) is 5.88 Å². The second kappa shape index (κ2) is 3.81. The van der Waals surface area contributed by atoms with Crippen molar-refractivity contribution in [3.8, 4) is 5.88 Å². The molecule has 0 amide bonds. The van der Waals surface area contributed by atoms with Crippen molar-refractivity contribution in [1.82, 2.24) is 4.98 Å². The lowest BCUT2D eigenvalue weighted by Gasteiger charge is -2.12. The van der Waals surface area contributed by atoms with E-state index in [1.54, 1.807) is 0 Å². The Hall–Kier alpha value is -1.70. The predicted octanol–water partition coefficient (Wildman–Crippen LogP) is 0.603. The third-order valence-electron chi connectivity index (χ3n) is 1.53. The first kappa shape index (κ1) is 11.4. The number of nitrogens with two attached hydrogens (primary N) is 3. The molecule has 5 nitrogen and oxygen atoms in total. The van der Waals surface area contributed by atoms with E-state index in [1.807, 2.05) is 0 Å². The van der Waals surface area contributed by atoms with Crippen LogP contribution in [0.15, 0.2) is 6.07 Å². The molecule has 1 aromatic rings. The highest BCUT2D eigenvalue weighted by atomic mass is 19.4. The van der Waals surface area contributed by atoms with E-state index < -0.39 is 12.2 Å². The quantitative estimate of drug-likeness (QED) is 0.680. The minimum atomic E-state index is -4.84. The molecule has 0 radical (unpaired) electrons. The number of anilines is 2.